The van der Waals surface area contributed by atoms with E-state index in [2.05, 4.69) is 10.4 Å². The van der Waals surface area contributed by atoms with E-state index in [-0.39, 0.29) is 6.61 Å². The van der Waals surface area contributed by atoms with Crippen LogP contribution in [0.4, 0.5) is 0 Å². The van der Waals surface area contributed by atoms with Crippen LogP contribution in [0.3, 0.4) is 0 Å². The largest absolute Gasteiger partial charge is 0.493 e. The first-order valence-electron chi connectivity index (χ1n) is 10.1. The molecule has 2 aromatic carbocycles. The number of para-hydroxylation sites is 1. The summed E-state index contributed by atoms with van der Waals surface area (Å²) in [7, 11) is 1.55. The lowest BCUT2D eigenvalue weighted by Gasteiger charge is -2.29. The standard InChI is InChI=1S/C23H28ClN3O5/c1-16-19(22(24)27(26-16)18-6-4-3-5-7-18)12-32-20-9-8-17(10-21(20)31-2)11-25-23(13-28,14-29)15-30/h3-10,25,28-30H,11-15H2,1-2H3. The summed E-state index contributed by atoms with van der Waals surface area (Å²) < 4.78 is 13.1. The topological polar surface area (TPSA) is 109 Å². The first-order chi connectivity index (χ1) is 15.5. The molecule has 0 aliphatic carbocycles. The Labute approximate surface area is 192 Å². The Kier molecular flexibility index (Phi) is 8.11. The van der Waals surface area contributed by atoms with Crippen molar-refractivity contribution in [3.63, 3.8) is 0 Å². The molecule has 0 aliphatic rings. The van der Waals surface area contributed by atoms with Gasteiger partial charge < -0.3 is 30.1 Å². The van der Waals surface area contributed by atoms with E-state index < -0.39 is 25.4 Å². The lowest BCUT2D eigenvalue weighted by molar-refractivity contribution is 0.0413. The van der Waals surface area contributed by atoms with Crippen molar-refractivity contribution in [2.45, 2.75) is 25.6 Å². The zero-order valence-electron chi connectivity index (χ0n) is 18.1. The maximum absolute atomic E-state index is 9.45. The molecule has 1 heterocycles. The van der Waals surface area contributed by atoms with Crippen molar-refractivity contribution in [3.8, 4) is 17.2 Å². The van der Waals surface area contributed by atoms with E-state index in [9.17, 15) is 15.3 Å². The molecule has 0 bridgehead atoms. The van der Waals surface area contributed by atoms with Crippen LogP contribution in [0.2, 0.25) is 5.15 Å². The molecule has 0 amide bonds. The third kappa shape index (κ3) is 5.23. The average Bonchev–Trinajstić information content (AvgIpc) is 3.12. The van der Waals surface area contributed by atoms with Gasteiger partial charge in [-0.15, -0.1) is 0 Å². The molecule has 0 unspecified atom stereocenters. The maximum atomic E-state index is 9.45. The van der Waals surface area contributed by atoms with Crippen molar-refractivity contribution in [2.24, 2.45) is 0 Å². The highest BCUT2D eigenvalue weighted by Crippen LogP contribution is 2.31. The first-order valence-corrected chi connectivity index (χ1v) is 10.5. The van der Waals surface area contributed by atoms with Crippen molar-refractivity contribution in [3.05, 3.63) is 70.5 Å². The van der Waals surface area contributed by atoms with Crippen molar-refractivity contribution in [2.75, 3.05) is 26.9 Å². The summed E-state index contributed by atoms with van der Waals surface area (Å²) in [5.74, 6) is 1.06. The number of aryl methyl sites for hydroxylation is 1. The number of hydrogen-bond donors (Lipinski definition) is 4. The van der Waals surface area contributed by atoms with Crippen molar-refractivity contribution < 1.29 is 24.8 Å². The van der Waals surface area contributed by atoms with Crippen molar-refractivity contribution >= 4 is 11.6 Å². The molecule has 8 nitrogen and oxygen atoms in total. The SMILES string of the molecule is COc1cc(CNC(CO)(CO)CO)ccc1OCc1c(C)nn(-c2ccccc2)c1Cl. The van der Waals surface area contributed by atoms with Gasteiger partial charge in [-0.05, 0) is 36.8 Å². The van der Waals surface area contributed by atoms with Gasteiger partial charge in [-0.2, -0.15) is 5.10 Å². The Morgan fingerprint density at radius 1 is 1.03 bits per heavy atom. The Balaban J connectivity index is 1.73. The van der Waals surface area contributed by atoms with E-state index >= 15 is 0 Å². The molecule has 3 rings (SSSR count). The molecular formula is C23H28ClN3O5. The molecule has 0 saturated carbocycles. The highest BCUT2D eigenvalue weighted by atomic mass is 35.5. The van der Waals surface area contributed by atoms with Crippen LogP contribution in [-0.4, -0.2) is 57.6 Å². The molecule has 1 aromatic heterocycles. The molecule has 9 heteroatoms. The van der Waals surface area contributed by atoms with Gasteiger partial charge in [-0.25, -0.2) is 4.68 Å². The highest BCUT2D eigenvalue weighted by Gasteiger charge is 2.27. The fraction of sp³-hybridized carbons (Fsp3) is 0.348. The number of nitrogens with zero attached hydrogens (tertiary/aromatic N) is 2. The molecule has 0 spiro atoms. The summed E-state index contributed by atoms with van der Waals surface area (Å²) in [6, 6.07) is 15.0. The molecule has 0 aliphatic heterocycles. The number of halogens is 1. The number of benzene rings is 2. The Morgan fingerprint density at radius 2 is 1.72 bits per heavy atom. The number of rotatable bonds is 11. The molecule has 4 N–H and O–H groups in total. The molecule has 3 aromatic rings. The lowest BCUT2D eigenvalue weighted by Crippen LogP contribution is -2.54. The molecule has 0 saturated heterocycles. The van der Waals surface area contributed by atoms with Crippen LogP contribution >= 0.6 is 11.6 Å². The van der Waals surface area contributed by atoms with Crippen LogP contribution < -0.4 is 14.8 Å². The molecule has 32 heavy (non-hydrogen) atoms. The second kappa shape index (κ2) is 10.8. The quantitative estimate of drug-likeness (QED) is 0.346. The third-order valence-corrected chi connectivity index (χ3v) is 5.69. The van der Waals surface area contributed by atoms with E-state index in [1.165, 1.54) is 0 Å². The number of ether oxygens (including phenoxy) is 2. The van der Waals surface area contributed by atoms with Gasteiger partial charge in [0.05, 0.1) is 43.9 Å². The Hall–Kier alpha value is -2.62. The minimum absolute atomic E-state index is 0.216. The summed E-state index contributed by atoms with van der Waals surface area (Å²) in [5.41, 5.74) is 2.09. The van der Waals surface area contributed by atoms with E-state index in [0.29, 0.717) is 23.2 Å². The molecule has 172 valence electrons. The second-order valence-electron chi connectivity index (χ2n) is 7.48. The fourth-order valence-corrected chi connectivity index (χ4v) is 3.46. The van der Waals surface area contributed by atoms with Gasteiger partial charge in [-0.3, -0.25) is 0 Å². The minimum atomic E-state index is -1.16. The smallest absolute Gasteiger partial charge is 0.161 e. The fourth-order valence-electron chi connectivity index (χ4n) is 3.13. The van der Waals surface area contributed by atoms with E-state index in [1.807, 2.05) is 43.3 Å². The molecule has 0 radical (unpaired) electrons. The molecule has 0 fully saturated rings. The zero-order valence-corrected chi connectivity index (χ0v) is 18.8. The van der Waals surface area contributed by atoms with Gasteiger partial charge in [0.1, 0.15) is 11.8 Å². The van der Waals surface area contributed by atoms with Crippen molar-refractivity contribution in [1.29, 1.82) is 0 Å². The number of aliphatic hydroxyl groups excluding tert-OH is 3. The summed E-state index contributed by atoms with van der Waals surface area (Å²) in [4.78, 5) is 0. The number of methoxy groups -OCH3 is 1. The normalized spacial score (nSPS) is 11.6. The van der Waals surface area contributed by atoms with Crippen LogP contribution in [0.15, 0.2) is 48.5 Å². The number of hydrogen-bond acceptors (Lipinski definition) is 7. The number of nitrogens with one attached hydrogen (secondary N) is 1. The van der Waals surface area contributed by atoms with Gasteiger partial charge in [0.2, 0.25) is 0 Å². The zero-order chi connectivity index (χ0) is 23.1. The predicted molar refractivity (Wildman–Crippen MR) is 121 cm³/mol. The third-order valence-electron chi connectivity index (χ3n) is 5.30. The average molecular weight is 462 g/mol. The molecular weight excluding hydrogens is 434 g/mol. The van der Waals surface area contributed by atoms with Gasteiger partial charge in [0.15, 0.2) is 11.5 Å². The highest BCUT2D eigenvalue weighted by molar-refractivity contribution is 6.30. The first kappa shape index (κ1) is 24.0. The van der Waals surface area contributed by atoms with Crippen molar-refractivity contribution in [1.82, 2.24) is 15.1 Å². The van der Waals surface area contributed by atoms with Crippen LogP contribution in [0.1, 0.15) is 16.8 Å². The van der Waals surface area contributed by atoms with Gasteiger partial charge in [0.25, 0.3) is 0 Å². The number of aliphatic hydroxyl groups is 3. The number of aromatic nitrogens is 2. The van der Waals surface area contributed by atoms with Gasteiger partial charge in [-0.1, -0.05) is 35.9 Å². The minimum Gasteiger partial charge on any atom is -0.493 e. The lowest BCUT2D eigenvalue weighted by atomic mass is 10.0. The monoisotopic (exact) mass is 461 g/mol. The maximum Gasteiger partial charge on any atom is 0.161 e. The van der Waals surface area contributed by atoms with Gasteiger partial charge in [0, 0.05) is 12.1 Å². The van der Waals surface area contributed by atoms with Crippen LogP contribution in [0.5, 0.6) is 11.5 Å². The van der Waals surface area contributed by atoms with E-state index in [0.717, 1.165) is 22.5 Å². The van der Waals surface area contributed by atoms with Gasteiger partial charge >= 0.3 is 0 Å². The molecule has 0 atom stereocenters. The summed E-state index contributed by atoms with van der Waals surface area (Å²) in [6.45, 7) is 1.23. The second-order valence-corrected chi connectivity index (χ2v) is 7.84. The predicted octanol–water partition coefficient (Wildman–Crippen LogP) is 2.23. The van der Waals surface area contributed by atoms with E-state index in [4.69, 9.17) is 21.1 Å². The van der Waals surface area contributed by atoms with Crippen LogP contribution in [-0.2, 0) is 13.2 Å². The van der Waals surface area contributed by atoms with Crippen LogP contribution in [0, 0.1) is 6.92 Å². The summed E-state index contributed by atoms with van der Waals surface area (Å²) >= 11 is 6.57. The Morgan fingerprint density at radius 3 is 2.34 bits per heavy atom. The van der Waals surface area contributed by atoms with Crippen LogP contribution in [0.25, 0.3) is 5.69 Å². The van der Waals surface area contributed by atoms with E-state index in [1.54, 1.807) is 23.9 Å². The Bertz CT molecular complexity index is 1010. The summed E-state index contributed by atoms with van der Waals surface area (Å²) in [6.07, 6.45) is 0. The summed E-state index contributed by atoms with van der Waals surface area (Å²) in [5, 5.41) is 36.4.